The van der Waals surface area contributed by atoms with Crippen molar-refractivity contribution in [3.05, 3.63) is 5.69 Å². The number of hydrogen-bond acceptors (Lipinski definition) is 4. The minimum atomic E-state index is 0.304. The topological polar surface area (TPSA) is 65.1 Å². The zero-order valence-electron chi connectivity index (χ0n) is 10.9. The van der Waals surface area contributed by atoms with Gasteiger partial charge >= 0.3 is 0 Å². The quantitative estimate of drug-likeness (QED) is 0.844. The maximum absolute atomic E-state index is 6.07. The van der Waals surface area contributed by atoms with E-state index in [0.717, 1.165) is 43.3 Å². The smallest absolute Gasteiger partial charge is 0.148 e. The largest absolute Gasteiger partial charge is 0.394 e. The van der Waals surface area contributed by atoms with E-state index in [4.69, 9.17) is 10.5 Å². The Morgan fingerprint density at radius 1 is 1.53 bits per heavy atom. The highest BCUT2D eigenvalue weighted by Crippen LogP contribution is 2.27. The maximum atomic E-state index is 6.07. The van der Waals surface area contributed by atoms with Crippen LogP contribution in [0.4, 0.5) is 11.5 Å². The predicted octanol–water partition coefficient (Wildman–Crippen LogP) is 1.95. The maximum Gasteiger partial charge on any atom is 0.148 e. The van der Waals surface area contributed by atoms with Crippen LogP contribution >= 0.6 is 0 Å². The highest BCUT2D eigenvalue weighted by molar-refractivity contribution is 5.65. The van der Waals surface area contributed by atoms with Crippen molar-refractivity contribution in [3.8, 4) is 0 Å². The summed E-state index contributed by atoms with van der Waals surface area (Å²) in [6, 6.07) is 0.651. The standard InChI is InChI=1S/C12H22N4O/c1-8(2)16-12(11(13)9(3)15-16)14-10-5-4-6-17-7-10/h8,10,14H,4-7,13H2,1-3H3. The summed E-state index contributed by atoms with van der Waals surface area (Å²) in [6.45, 7) is 7.78. The summed E-state index contributed by atoms with van der Waals surface area (Å²) in [4.78, 5) is 0. The van der Waals surface area contributed by atoms with Crippen LogP contribution in [0, 0.1) is 6.92 Å². The Bertz CT molecular complexity index is 380. The fourth-order valence-electron chi connectivity index (χ4n) is 2.13. The molecule has 3 N–H and O–H groups in total. The number of nitrogens with zero attached hydrogens (tertiary/aromatic N) is 2. The number of ether oxygens (including phenoxy) is 1. The second-order valence-corrected chi connectivity index (χ2v) is 4.94. The molecule has 5 nitrogen and oxygen atoms in total. The van der Waals surface area contributed by atoms with Gasteiger partial charge in [-0.15, -0.1) is 0 Å². The van der Waals surface area contributed by atoms with Crippen molar-refractivity contribution in [2.75, 3.05) is 24.3 Å². The Morgan fingerprint density at radius 3 is 2.88 bits per heavy atom. The average molecular weight is 238 g/mol. The van der Waals surface area contributed by atoms with Gasteiger partial charge in [0.05, 0.1) is 24.0 Å². The Morgan fingerprint density at radius 2 is 2.29 bits per heavy atom. The van der Waals surface area contributed by atoms with Gasteiger partial charge in [-0.3, -0.25) is 0 Å². The molecule has 0 spiro atoms. The molecule has 0 saturated carbocycles. The fraction of sp³-hybridized carbons (Fsp3) is 0.750. The molecule has 1 aromatic heterocycles. The van der Waals surface area contributed by atoms with Gasteiger partial charge in [-0.2, -0.15) is 5.10 Å². The lowest BCUT2D eigenvalue weighted by Gasteiger charge is -2.25. The predicted molar refractivity (Wildman–Crippen MR) is 69.2 cm³/mol. The molecule has 0 bridgehead atoms. The van der Waals surface area contributed by atoms with Gasteiger partial charge in [0.25, 0.3) is 0 Å². The van der Waals surface area contributed by atoms with Gasteiger partial charge in [0.1, 0.15) is 5.82 Å². The van der Waals surface area contributed by atoms with Gasteiger partial charge in [-0.1, -0.05) is 0 Å². The summed E-state index contributed by atoms with van der Waals surface area (Å²) in [6.07, 6.45) is 2.23. The minimum Gasteiger partial charge on any atom is -0.394 e. The van der Waals surface area contributed by atoms with E-state index >= 15 is 0 Å². The van der Waals surface area contributed by atoms with E-state index in [1.807, 2.05) is 11.6 Å². The summed E-state index contributed by atoms with van der Waals surface area (Å²) in [7, 11) is 0. The second-order valence-electron chi connectivity index (χ2n) is 4.94. The summed E-state index contributed by atoms with van der Waals surface area (Å²) in [5.41, 5.74) is 7.71. The third-order valence-corrected chi connectivity index (χ3v) is 3.12. The molecule has 17 heavy (non-hydrogen) atoms. The molecule has 1 saturated heterocycles. The molecule has 0 radical (unpaired) electrons. The highest BCUT2D eigenvalue weighted by atomic mass is 16.5. The zero-order chi connectivity index (χ0) is 12.4. The molecular weight excluding hydrogens is 216 g/mol. The molecule has 2 rings (SSSR count). The monoisotopic (exact) mass is 238 g/mol. The number of rotatable bonds is 3. The Kier molecular flexibility index (Phi) is 3.57. The molecule has 1 fully saturated rings. The molecule has 1 aromatic rings. The molecule has 1 atom stereocenters. The number of aromatic nitrogens is 2. The molecule has 5 heteroatoms. The van der Waals surface area contributed by atoms with Crippen molar-refractivity contribution in [1.29, 1.82) is 0 Å². The van der Waals surface area contributed by atoms with Crippen LogP contribution < -0.4 is 11.1 Å². The summed E-state index contributed by atoms with van der Waals surface area (Å²) in [5.74, 6) is 0.938. The lowest BCUT2D eigenvalue weighted by Crippen LogP contribution is -2.31. The van der Waals surface area contributed by atoms with Gasteiger partial charge < -0.3 is 15.8 Å². The van der Waals surface area contributed by atoms with Gasteiger partial charge in [0.15, 0.2) is 0 Å². The lowest BCUT2D eigenvalue weighted by atomic mass is 10.1. The van der Waals surface area contributed by atoms with E-state index in [9.17, 15) is 0 Å². The summed E-state index contributed by atoms with van der Waals surface area (Å²) in [5, 5.41) is 7.93. The number of nitrogens with two attached hydrogens (primary N) is 1. The lowest BCUT2D eigenvalue weighted by molar-refractivity contribution is 0.0873. The number of anilines is 2. The van der Waals surface area contributed by atoms with E-state index < -0.39 is 0 Å². The first-order chi connectivity index (χ1) is 8.09. The van der Waals surface area contributed by atoms with E-state index in [0.29, 0.717) is 12.1 Å². The van der Waals surface area contributed by atoms with E-state index in [1.54, 1.807) is 0 Å². The van der Waals surface area contributed by atoms with Crippen LogP contribution in [0.1, 0.15) is 38.4 Å². The number of nitrogens with one attached hydrogen (secondary N) is 1. The van der Waals surface area contributed by atoms with Crippen molar-refractivity contribution in [2.45, 2.75) is 45.7 Å². The Balaban J connectivity index is 2.18. The number of nitrogen functional groups attached to an aromatic ring is 1. The molecular formula is C12H22N4O. The second kappa shape index (κ2) is 4.96. The first-order valence-electron chi connectivity index (χ1n) is 6.28. The third-order valence-electron chi connectivity index (χ3n) is 3.12. The molecule has 96 valence electrons. The summed E-state index contributed by atoms with van der Waals surface area (Å²) >= 11 is 0. The highest BCUT2D eigenvalue weighted by Gasteiger charge is 2.20. The van der Waals surface area contributed by atoms with E-state index in [2.05, 4.69) is 24.3 Å². The van der Waals surface area contributed by atoms with Crippen molar-refractivity contribution in [2.24, 2.45) is 0 Å². The first kappa shape index (κ1) is 12.2. The zero-order valence-corrected chi connectivity index (χ0v) is 10.9. The van der Waals surface area contributed by atoms with Crippen molar-refractivity contribution >= 4 is 11.5 Å². The minimum absolute atomic E-state index is 0.304. The van der Waals surface area contributed by atoms with Gasteiger partial charge in [-0.25, -0.2) is 4.68 Å². The van der Waals surface area contributed by atoms with Crippen LogP contribution in [0.25, 0.3) is 0 Å². The molecule has 1 aliphatic rings. The summed E-state index contributed by atoms with van der Waals surface area (Å²) < 4.78 is 7.43. The van der Waals surface area contributed by atoms with Crippen molar-refractivity contribution < 1.29 is 4.74 Å². The molecule has 0 aromatic carbocycles. The molecule has 2 heterocycles. The first-order valence-corrected chi connectivity index (χ1v) is 6.28. The van der Waals surface area contributed by atoms with Gasteiger partial charge in [0.2, 0.25) is 0 Å². The molecule has 0 aliphatic carbocycles. The van der Waals surface area contributed by atoms with Crippen LogP contribution in [0.3, 0.4) is 0 Å². The number of hydrogen-bond donors (Lipinski definition) is 2. The van der Waals surface area contributed by atoms with Crippen molar-refractivity contribution in [1.82, 2.24) is 9.78 Å². The van der Waals surface area contributed by atoms with Crippen LogP contribution in [0.5, 0.6) is 0 Å². The van der Waals surface area contributed by atoms with Crippen molar-refractivity contribution in [3.63, 3.8) is 0 Å². The Hall–Kier alpha value is -1.23. The molecule has 0 amide bonds. The van der Waals surface area contributed by atoms with Crippen LogP contribution in [0.15, 0.2) is 0 Å². The SMILES string of the molecule is Cc1nn(C(C)C)c(NC2CCCOC2)c1N. The Labute approximate surface area is 102 Å². The third kappa shape index (κ3) is 2.54. The number of aryl methyl sites for hydroxylation is 1. The normalized spacial score (nSPS) is 20.8. The fourth-order valence-corrected chi connectivity index (χ4v) is 2.13. The van der Waals surface area contributed by atoms with Crippen LogP contribution in [-0.2, 0) is 4.74 Å². The van der Waals surface area contributed by atoms with Crippen LogP contribution in [0.2, 0.25) is 0 Å². The average Bonchev–Trinajstić information content (AvgIpc) is 2.59. The van der Waals surface area contributed by atoms with E-state index in [1.165, 1.54) is 0 Å². The van der Waals surface area contributed by atoms with Crippen LogP contribution in [-0.4, -0.2) is 29.0 Å². The van der Waals surface area contributed by atoms with Gasteiger partial charge in [0, 0.05) is 12.6 Å². The molecule has 1 unspecified atom stereocenters. The van der Waals surface area contributed by atoms with Gasteiger partial charge in [-0.05, 0) is 33.6 Å². The van der Waals surface area contributed by atoms with E-state index in [-0.39, 0.29) is 0 Å². The molecule has 1 aliphatic heterocycles.